The number of nitrogens with zero attached hydrogens (tertiary/aromatic N) is 6. The Labute approximate surface area is 201 Å². The lowest BCUT2D eigenvalue weighted by molar-refractivity contribution is 0.340. The molecule has 0 fully saturated rings. The molecule has 0 N–H and O–H groups in total. The highest BCUT2D eigenvalue weighted by atomic mass is 16.5. The normalized spacial score (nSPS) is 11.1. The first kappa shape index (κ1) is 22.3. The lowest BCUT2D eigenvalue weighted by Gasteiger charge is -2.03. The smallest absolute Gasteiger partial charge is 0.280 e. The van der Waals surface area contributed by atoms with Crippen molar-refractivity contribution in [2.75, 3.05) is 13.7 Å². The third-order valence-electron chi connectivity index (χ3n) is 5.54. The van der Waals surface area contributed by atoms with E-state index in [1.165, 1.54) is 0 Å². The number of para-hydroxylation sites is 1. The monoisotopic (exact) mass is 472 g/mol. The molecular weight excluding hydrogens is 448 g/mol. The Morgan fingerprint density at radius 3 is 2.69 bits per heavy atom. The van der Waals surface area contributed by atoms with Crippen LogP contribution in [-0.2, 0) is 6.54 Å². The van der Waals surface area contributed by atoms with Crippen LogP contribution < -0.4 is 9.47 Å². The molecule has 5 aromatic rings. The average molecular weight is 473 g/mol. The number of hydrogen-bond acceptors (Lipinski definition) is 9. The molecule has 3 aromatic heterocycles. The Kier molecular flexibility index (Phi) is 6.01. The van der Waals surface area contributed by atoms with Crippen molar-refractivity contribution in [3.05, 3.63) is 65.7 Å². The summed E-state index contributed by atoms with van der Waals surface area (Å²) in [7, 11) is 1.62. The number of ether oxygens (including phenoxy) is 2. The predicted molar refractivity (Wildman–Crippen MR) is 127 cm³/mol. The molecule has 5 rings (SSSR count). The van der Waals surface area contributed by atoms with Gasteiger partial charge in [-0.25, -0.2) is 9.67 Å². The van der Waals surface area contributed by atoms with Gasteiger partial charge < -0.3 is 18.4 Å². The van der Waals surface area contributed by atoms with E-state index in [1.54, 1.807) is 11.8 Å². The molecule has 35 heavy (non-hydrogen) atoms. The zero-order valence-electron chi connectivity index (χ0n) is 19.8. The van der Waals surface area contributed by atoms with E-state index >= 15 is 0 Å². The van der Waals surface area contributed by atoms with Crippen molar-refractivity contribution in [1.82, 2.24) is 30.1 Å². The van der Waals surface area contributed by atoms with E-state index in [4.69, 9.17) is 18.4 Å². The first-order chi connectivity index (χ1) is 17.1. The maximum Gasteiger partial charge on any atom is 0.280 e. The fraction of sp³-hybridized carbons (Fsp3) is 0.240. The van der Waals surface area contributed by atoms with Gasteiger partial charge in [0.1, 0.15) is 23.0 Å². The minimum absolute atomic E-state index is 0.289. The molecule has 10 nitrogen and oxygen atoms in total. The van der Waals surface area contributed by atoms with Crippen molar-refractivity contribution in [2.45, 2.75) is 27.3 Å². The van der Waals surface area contributed by atoms with E-state index in [9.17, 15) is 0 Å². The average Bonchev–Trinajstić information content (AvgIpc) is 3.59. The summed E-state index contributed by atoms with van der Waals surface area (Å²) < 4.78 is 24.1. The minimum Gasteiger partial charge on any atom is -0.496 e. The molecule has 0 saturated carbocycles. The predicted octanol–water partition coefficient (Wildman–Crippen LogP) is 4.72. The van der Waals surface area contributed by atoms with Gasteiger partial charge in [0.05, 0.1) is 31.5 Å². The largest absolute Gasteiger partial charge is 0.496 e. The van der Waals surface area contributed by atoms with Crippen LogP contribution in [0, 0.1) is 13.8 Å². The lowest BCUT2D eigenvalue weighted by Crippen LogP contribution is -2.05. The van der Waals surface area contributed by atoms with Crippen LogP contribution in [0.4, 0.5) is 0 Å². The second kappa shape index (κ2) is 9.41. The van der Waals surface area contributed by atoms with Crippen molar-refractivity contribution in [1.29, 1.82) is 0 Å². The summed E-state index contributed by atoms with van der Waals surface area (Å²) >= 11 is 0. The van der Waals surface area contributed by atoms with E-state index < -0.39 is 0 Å². The molecule has 0 aliphatic heterocycles. The number of aromatic nitrogens is 6. The first-order valence-corrected chi connectivity index (χ1v) is 11.1. The van der Waals surface area contributed by atoms with Gasteiger partial charge in [0, 0.05) is 5.56 Å². The quantitative estimate of drug-likeness (QED) is 0.316. The number of hydrogen-bond donors (Lipinski definition) is 0. The zero-order chi connectivity index (χ0) is 24.4. The standard InChI is InChI=1S/C25H24N6O4/c1-5-33-18-10-8-9-17(13-18)23-27-25(35-29-23)22-15(2)31(30-28-22)14-20-16(3)34-24(26-20)19-11-6-7-12-21(19)32-4/h6-13H,5,14H2,1-4H3. The topological polar surface area (TPSA) is 114 Å². The van der Waals surface area contributed by atoms with Crippen molar-refractivity contribution in [3.8, 4) is 45.9 Å². The SMILES string of the molecule is CCOc1cccc(-c2noc(-c3nnn(Cc4nc(-c5ccccc5OC)oc4C)c3C)n2)c1. The third-order valence-corrected chi connectivity index (χ3v) is 5.54. The van der Waals surface area contributed by atoms with Crippen LogP contribution in [-0.4, -0.2) is 43.8 Å². The summed E-state index contributed by atoms with van der Waals surface area (Å²) in [6.45, 7) is 6.65. The summed E-state index contributed by atoms with van der Waals surface area (Å²) in [6, 6.07) is 15.1. The number of aryl methyl sites for hydroxylation is 1. The first-order valence-electron chi connectivity index (χ1n) is 11.1. The Hall–Kier alpha value is -4.47. The van der Waals surface area contributed by atoms with E-state index in [2.05, 4.69) is 25.4 Å². The molecule has 0 saturated heterocycles. The van der Waals surface area contributed by atoms with Gasteiger partial charge in [-0.05, 0) is 45.0 Å². The fourth-order valence-electron chi connectivity index (χ4n) is 3.69. The highest BCUT2D eigenvalue weighted by Crippen LogP contribution is 2.31. The molecule has 0 bridgehead atoms. The number of rotatable bonds is 8. The van der Waals surface area contributed by atoms with Crippen LogP contribution in [0.15, 0.2) is 57.5 Å². The van der Waals surface area contributed by atoms with Gasteiger partial charge in [-0.15, -0.1) is 5.10 Å². The number of oxazole rings is 1. The lowest BCUT2D eigenvalue weighted by atomic mass is 10.2. The van der Waals surface area contributed by atoms with Gasteiger partial charge in [-0.2, -0.15) is 4.98 Å². The maximum atomic E-state index is 5.92. The van der Waals surface area contributed by atoms with Gasteiger partial charge in [-0.1, -0.05) is 34.6 Å². The Bertz CT molecular complexity index is 1470. The van der Waals surface area contributed by atoms with Gasteiger partial charge in [0.2, 0.25) is 11.7 Å². The minimum atomic E-state index is 0.289. The van der Waals surface area contributed by atoms with E-state index in [0.717, 1.165) is 28.3 Å². The highest BCUT2D eigenvalue weighted by molar-refractivity contribution is 5.63. The third kappa shape index (κ3) is 4.37. The molecule has 0 unspecified atom stereocenters. The van der Waals surface area contributed by atoms with Crippen molar-refractivity contribution < 1.29 is 18.4 Å². The summed E-state index contributed by atoms with van der Waals surface area (Å²) in [5.41, 5.74) is 3.59. The maximum absolute atomic E-state index is 5.92. The van der Waals surface area contributed by atoms with E-state index in [-0.39, 0.29) is 5.89 Å². The number of benzene rings is 2. The zero-order valence-corrected chi connectivity index (χ0v) is 19.8. The molecule has 0 aliphatic carbocycles. The number of methoxy groups -OCH3 is 1. The van der Waals surface area contributed by atoms with E-state index in [1.807, 2.05) is 69.3 Å². The molecule has 0 aliphatic rings. The van der Waals surface area contributed by atoms with Gasteiger partial charge in [-0.3, -0.25) is 0 Å². The van der Waals surface area contributed by atoms with Crippen LogP contribution >= 0.6 is 0 Å². The molecule has 0 spiro atoms. The highest BCUT2D eigenvalue weighted by Gasteiger charge is 2.21. The van der Waals surface area contributed by atoms with Crippen molar-refractivity contribution in [2.24, 2.45) is 0 Å². The Morgan fingerprint density at radius 1 is 1.00 bits per heavy atom. The van der Waals surface area contributed by atoms with Crippen molar-refractivity contribution in [3.63, 3.8) is 0 Å². The molecule has 10 heteroatoms. The molecule has 2 aromatic carbocycles. The van der Waals surface area contributed by atoms with Crippen LogP contribution in [0.3, 0.4) is 0 Å². The molecule has 0 atom stereocenters. The van der Waals surface area contributed by atoms with E-state index in [0.29, 0.717) is 42.1 Å². The summed E-state index contributed by atoms with van der Waals surface area (Å²) in [5, 5.41) is 12.7. The van der Waals surface area contributed by atoms with Crippen LogP contribution in [0.5, 0.6) is 11.5 Å². The summed E-state index contributed by atoms with van der Waals surface area (Å²) in [4.78, 5) is 9.19. The fourth-order valence-corrected chi connectivity index (χ4v) is 3.69. The summed E-state index contributed by atoms with van der Waals surface area (Å²) in [5.74, 6) is 3.36. The molecular formula is C25H24N6O4. The molecule has 178 valence electrons. The Balaban J connectivity index is 1.39. The van der Waals surface area contributed by atoms with Crippen LogP contribution in [0.25, 0.3) is 34.4 Å². The molecule has 3 heterocycles. The molecule has 0 radical (unpaired) electrons. The van der Waals surface area contributed by atoms with Gasteiger partial charge >= 0.3 is 0 Å². The van der Waals surface area contributed by atoms with Gasteiger partial charge in [0.25, 0.3) is 5.89 Å². The van der Waals surface area contributed by atoms with Gasteiger partial charge in [0.15, 0.2) is 5.69 Å². The van der Waals surface area contributed by atoms with Crippen molar-refractivity contribution >= 4 is 0 Å². The van der Waals surface area contributed by atoms with Crippen LogP contribution in [0.2, 0.25) is 0 Å². The molecule has 0 amide bonds. The second-order valence-electron chi connectivity index (χ2n) is 7.79. The summed E-state index contributed by atoms with van der Waals surface area (Å²) in [6.07, 6.45) is 0. The van der Waals surface area contributed by atoms with Crippen LogP contribution in [0.1, 0.15) is 24.1 Å². The Morgan fingerprint density at radius 2 is 1.86 bits per heavy atom. The second-order valence-corrected chi connectivity index (χ2v) is 7.79.